The van der Waals surface area contributed by atoms with Crippen LogP contribution in [-0.4, -0.2) is 118 Å². The molecule has 0 aromatic heterocycles. The summed E-state index contributed by atoms with van der Waals surface area (Å²) in [4.78, 5) is 102. The number of unbranched alkanes of at least 4 members (excludes halogenated alkanes) is 3. The summed E-state index contributed by atoms with van der Waals surface area (Å²) in [7, 11) is -4.56. The summed E-state index contributed by atoms with van der Waals surface area (Å²) in [5.41, 5.74) is 10.2. The van der Waals surface area contributed by atoms with Crippen LogP contribution in [0.15, 0.2) is 108 Å². The Labute approximate surface area is 502 Å². The number of nitrogens with zero attached hydrogens (tertiary/aromatic N) is 5. The zero-order valence-electron chi connectivity index (χ0n) is 50.2. The number of nitro groups is 2. The number of benzene rings is 3. The Hall–Kier alpha value is -8.38. The lowest BCUT2D eigenvalue weighted by Crippen LogP contribution is -2.54. The highest BCUT2D eigenvalue weighted by molar-refractivity contribution is 7.85. The van der Waals surface area contributed by atoms with Crippen molar-refractivity contribution in [3.05, 3.63) is 145 Å². The van der Waals surface area contributed by atoms with E-state index in [0.29, 0.717) is 81.5 Å². The number of aryl methyl sites for hydroxylation is 1. The lowest BCUT2D eigenvalue weighted by molar-refractivity contribution is -0.455. The van der Waals surface area contributed by atoms with Gasteiger partial charge in [-0.05, 0) is 108 Å². The molecule has 3 aliphatic rings. The molecule has 3 heterocycles. The predicted molar refractivity (Wildman–Crippen MR) is 326 cm³/mol. The third kappa shape index (κ3) is 17.2. The minimum atomic E-state index is -4.56. The zero-order valence-corrected chi connectivity index (χ0v) is 51.0. The van der Waals surface area contributed by atoms with Crippen molar-refractivity contribution in [2.45, 2.75) is 160 Å². The highest BCUT2D eigenvalue weighted by atomic mass is 32.2. The Morgan fingerprint density at radius 1 is 0.814 bits per heavy atom. The standard InChI is InChI=1S/C62H80N10O13S/c1-40(2)32-50(66-42(4)73)60(78)69-31-19-21-53(69)59(77)65-38-57(75)67-49(58(63)76)20-16-17-29-64-56(74)24-15-12-18-30-68-51-27-25-41(3)33-47(51)61(5,6)54(68)22-13-10-9-11-14-23-55-62(7,8)48-37-46(86(83,84)85)26-28-52(48)70(55)39-43-34-44(71(79)80)36-45(35-43)72(81)82/h9-11,13-14,22-23,25-28,33-37,40,49-50,53H,12,15-21,24,29-32,38-39H2,1-8H3,(H6-,63,64,65,66,67,73,74,75,76,77,83,84,85)/p+1. The molecular weight excluding hydrogens is 1120 g/mol. The molecule has 0 saturated carbocycles. The number of amides is 6. The normalized spacial score (nSPS) is 17.3. The number of nitrogens with two attached hydrogens (primary N) is 1. The second-order valence-corrected chi connectivity index (χ2v) is 25.0. The summed E-state index contributed by atoms with van der Waals surface area (Å²) < 4.78 is 36.1. The minimum Gasteiger partial charge on any atom is -0.368 e. The van der Waals surface area contributed by atoms with Gasteiger partial charge in [0.05, 0.1) is 32.8 Å². The minimum absolute atomic E-state index is 0.0220. The SMILES string of the molecule is CC(=O)NC(CC(C)C)C(=O)N1CCCC1C(=O)NCC(=O)NC(CCCCNC(=O)CCCCCN1/C(=C/C=C/C=C/C=C/C2=[N+](Cc3cc([N+](=O)[O-])cc([N+](=O)[O-])c3)c3ccc(S(=O)(=O)O)cc3C2(C)C)C(C)(C)c2cc(C)ccc21)C(N)=O. The monoisotopic (exact) mass is 1210 g/mol. The van der Waals surface area contributed by atoms with Crippen molar-refractivity contribution < 1.29 is 56.2 Å². The molecule has 23 nitrogen and oxygen atoms in total. The molecule has 3 aliphatic heterocycles. The molecule has 3 unspecified atom stereocenters. The summed E-state index contributed by atoms with van der Waals surface area (Å²) in [6.45, 7) is 16.4. The number of primary amides is 1. The van der Waals surface area contributed by atoms with Gasteiger partial charge in [0.1, 0.15) is 18.1 Å². The summed E-state index contributed by atoms with van der Waals surface area (Å²) in [5.74, 6) is -2.53. The lowest BCUT2D eigenvalue weighted by atomic mass is 9.81. The van der Waals surface area contributed by atoms with Crippen molar-refractivity contribution in [3.8, 4) is 0 Å². The summed E-state index contributed by atoms with van der Waals surface area (Å²) in [6, 6.07) is 11.5. The average Bonchev–Trinajstić information content (AvgIpc) is 1.61. The molecular formula is C62H81N10O13S+. The molecule has 1 saturated heterocycles. The summed E-state index contributed by atoms with van der Waals surface area (Å²) >= 11 is 0. The predicted octanol–water partition coefficient (Wildman–Crippen LogP) is 7.46. The van der Waals surface area contributed by atoms with E-state index in [4.69, 9.17) is 5.73 Å². The maximum Gasteiger partial charge on any atom is 0.294 e. The van der Waals surface area contributed by atoms with Crippen LogP contribution in [0.2, 0.25) is 0 Å². The molecule has 24 heteroatoms. The largest absolute Gasteiger partial charge is 0.368 e. The summed E-state index contributed by atoms with van der Waals surface area (Å²) in [5, 5.41) is 34.3. The Bertz CT molecular complexity index is 3350. The molecule has 3 aromatic carbocycles. The van der Waals surface area contributed by atoms with E-state index in [9.17, 15) is 62.0 Å². The van der Waals surface area contributed by atoms with E-state index in [-0.39, 0.29) is 52.5 Å². The second kappa shape index (κ2) is 29.1. The van der Waals surface area contributed by atoms with E-state index >= 15 is 0 Å². The fourth-order valence-electron chi connectivity index (χ4n) is 11.4. The van der Waals surface area contributed by atoms with Crippen molar-refractivity contribution in [2.75, 3.05) is 31.1 Å². The Morgan fingerprint density at radius 3 is 2.15 bits per heavy atom. The number of anilines is 1. The van der Waals surface area contributed by atoms with Gasteiger partial charge in [0.25, 0.3) is 21.5 Å². The smallest absolute Gasteiger partial charge is 0.294 e. The number of nitro benzene ring substituents is 2. The van der Waals surface area contributed by atoms with Gasteiger partial charge >= 0.3 is 0 Å². The Kier molecular flexibility index (Phi) is 22.6. The zero-order chi connectivity index (χ0) is 63.3. The van der Waals surface area contributed by atoms with E-state index in [1.165, 1.54) is 47.7 Å². The molecule has 6 amide bonds. The maximum atomic E-state index is 13.4. The fraction of sp³-hybridized carbons (Fsp3) is 0.468. The summed E-state index contributed by atoms with van der Waals surface area (Å²) in [6.07, 6.45) is 18.5. The van der Waals surface area contributed by atoms with Crippen LogP contribution in [0.1, 0.15) is 135 Å². The van der Waals surface area contributed by atoms with Crippen LogP contribution < -0.4 is 31.9 Å². The molecule has 0 aliphatic carbocycles. The number of allylic oxidation sites excluding steroid dienone is 8. The van der Waals surface area contributed by atoms with E-state index in [0.717, 1.165) is 35.9 Å². The quantitative estimate of drug-likeness (QED) is 0.00982. The third-order valence-electron chi connectivity index (χ3n) is 15.7. The van der Waals surface area contributed by atoms with Gasteiger partial charge < -0.3 is 36.8 Å². The number of hydrogen-bond acceptors (Lipinski definition) is 13. The number of carbonyl (C=O) groups is 6. The van der Waals surface area contributed by atoms with Crippen LogP contribution >= 0.6 is 0 Å². The second-order valence-electron chi connectivity index (χ2n) is 23.6. The van der Waals surface area contributed by atoms with Gasteiger partial charge in [0.15, 0.2) is 12.3 Å². The lowest BCUT2D eigenvalue weighted by Gasteiger charge is -2.29. The van der Waals surface area contributed by atoms with Gasteiger partial charge in [0.2, 0.25) is 41.1 Å². The number of nitrogens with one attached hydrogen (secondary N) is 4. The van der Waals surface area contributed by atoms with Crippen LogP contribution in [0.25, 0.3) is 0 Å². The number of fused-ring (bicyclic) bond motifs is 2. The molecule has 1 fully saturated rings. The van der Waals surface area contributed by atoms with Crippen molar-refractivity contribution in [2.24, 2.45) is 11.7 Å². The molecule has 0 bridgehead atoms. The first-order chi connectivity index (χ1) is 40.5. The van der Waals surface area contributed by atoms with Crippen LogP contribution in [0.4, 0.5) is 22.7 Å². The van der Waals surface area contributed by atoms with Gasteiger partial charge in [-0.15, -0.1) is 0 Å². The third-order valence-corrected chi connectivity index (χ3v) is 16.6. The molecule has 462 valence electrons. The molecule has 0 spiro atoms. The van der Waals surface area contributed by atoms with Crippen LogP contribution in [0.3, 0.4) is 0 Å². The number of rotatable bonds is 29. The van der Waals surface area contributed by atoms with Crippen molar-refractivity contribution >= 4 is 74.0 Å². The van der Waals surface area contributed by atoms with Gasteiger partial charge in [-0.25, -0.2) is 0 Å². The van der Waals surface area contributed by atoms with E-state index in [1.807, 2.05) is 62.7 Å². The first-order valence-electron chi connectivity index (χ1n) is 29.0. The van der Waals surface area contributed by atoms with E-state index in [1.54, 1.807) is 6.08 Å². The highest BCUT2D eigenvalue weighted by Gasteiger charge is 2.46. The Balaban J connectivity index is 0.990. The molecule has 6 rings (SSSR count). The van der Waals surface area contributed by atoms with Gasteiger partial charge in [-0.3, -0.25) is 53.5 Å². The average molecular weight is 1210 g/mol. The molecule has 86 heavy (non-hydrogen) atoms. The van der Waals surface area contributed by atoms with E-state index in [2.05, 4.69) is 71.2 Å². The number of likely N-dealkylation sites (tertiary alicyclic amines) is 1. The molecule has 3 aromatic rings. The van der Waals surface area contributed by atoms with Crippen molar-refractivity contribution in [1.29, 1.82) is 0 Å². The topological polar surface area (TPSA) is 327 Å². The van der Waals surface area contributed by atoms with Gasteiger partial charge in [-0.1, -0.05) is 82.2 Å². The number of non-ortho nitro benzene ring substituents is 2. The first-order valence-corrected chi connectivity index (χ1v) is 30.5. The Morgan fingerprint density at radius 2 is 1.50 bits per heavy atom. The van der Waals surface area contributed by atoms with Crippen LogP contribution in [0.5, 0.6) is 0 Å². The highest BCUT2D eigenvalue weighted by Crippen LogP contribution is 2.48. The molecule has 7 N–H and O–H groups in total. The first kappa shape index (κ1) is 66.8. The van der Waals surface area contributed by atoms with Gasteiger partial charge in [0, 0.05) is 85.2 Å². The maximum absolute atomic E-state index is 13.4. The van der Waals surface area contributed by atoms with Crippen LogP contribution in [-0.2, 0) is 56.3 Å². The number of carbonyl (C=O) groups excluding carboxylic acids is 6. The molecule has 0 radical (unpaired) electrons. The van der Waals surface area contributed by atoms with Crippen LogP contribution in [0, 0.1) is 33.1 Å². The van der Waals surface area contributed by atoms with Crippen molar-refractivity contribution in [1.82, 2.24) is 26.2 Å². The van der Waals surface area contributed by atoms with Gasteiger partial charge in [-0.2, -0.15) is 13.0 Å². The van der Waals surface area contributed by atoms with E-state index < -0.39 is 79.1 Å². The number of hydrogen-bond donors (Lipinski definition) is 6. The molecule has 3 atom stereocenters. The fourth-order valence-corrected chi connectivity index (χ4v) is 11.9. The van der Waals surface area contributed by atoms with Crippen molar-refractivity contribution in [3.63, 3.8) is 0 Å².